The summed E-state index contributed by atoms with van der Waals surface area (Å²) in [5.74, 6) is 0. The van der Waals surface area contributed by atoms with Crippen molar-refractivity contribution in [3.05, 3.63) is 151 Å². The smallest absolute Gasteiger partial charge is 0.262 e. The number of hydrogen-bond acceptors (Lipinski definition) is 2. The Morgan fingerprint density at radius 3 is 1.38 bits per heavy atom. The largest absolute Gasteiger partial charge is 0.274 e. The SMILES string of the molecule is CCCCCCn1c(=O)c2c3ccc4c(-c5c(C)cc(C)cc5C)c5ccc6ccc7c8cccc9c(-c%10c(C)cc(C)cc%10C)c%10ccc%11cc(c2c1=O)c1c3c4c2c5c6c7c3c(c98)c%10c%11c1c23. The van der Waals surface area contributed by atoms with Crippen molar-refractivity contribution >= 4 is 140 Å². The van der Waals surface area contributed by atoms with Crippen molar-refractivity contribution in [1.82, 2.24) is 4.57 Å². The van der Waals surface area contributed by atoms with Gasteiger partial charge < -0.3 is 0 Å². The molecule has 0 N–H and O–H groups in total. The van der Waals surface area contributed by atoms with E-state index in [-0.39, 0.29) is 11.1 Å². The van der Waals surface area contributed by atoms with E-state index in [0.717, 1.165) is 52.6 Å². The summed E-state index contributed by atoms with van der Waals surface area (Å²) >= 11 is 0. The topological polar surface area (TPSA) is 39.1 Å². The predicted octanol–water partition coefficient (Wildman–Crippen LogP) is 17.5. The number of rotatable bonds is 7. The number of aromatic nitrogens is 1. The molecule has 1 aromatic heterocycles. The molecule has 0 fully saturated rings. The number of fused-ring (bicyclic) bond motifs is 4. The van der Waals surface area contributed by atoms with Crippen LogP contribution in [0.5, 0.6) is 0 Å². The Kier molecular flexibility index (Phi) is 6.96. The summed E-state index contributed by atoms with van der Waals surface area (Å²) in [7, 11) is 0. The zero-order valence-electron chi connectivity index (χ0n) is 40.0. The first-order valence-corrected chi connectivity index (χ1v) is 25.2. The van der Waals surface area contributed by atoms with Crippen LogP contribution in [-0.4, -0.2) is 4.57 Å². The van der Waals surface area contributed by atoms with E-state index in [9.17, 15) is 0 Å². The third-order valence-corrected chi connectivity index (χ3v) is 17.4. The minimum absolute atomic E-state index is 0.148. The Morgan fingerprint density at radius 2 is 0.739 bits per heavy atom. The normalized spacial score (nSPS) is 13.3. The summed E-state index contributed by atoms with van der Waals surface area (Å²) < 4.78 is 1.58. The molecule has 0 aliphatic heterocycles. The highest BCUT2D eigenvalue weighted by Gasteiger charge is 2.35. The molecule has 0 spiro atoms. The minimum Gasteiger partial charge on any atom is -0.274 e. The molecule has 0 aliphatic carbocycles. The van der Waals surface area contributed by atoms with Gasteiger partial charge in [-0.2, -0.15) is 0 Å². The molecule has 69 heavy (non-hydrogen) atoms. The van der Waals surface area contributed by atoms with Gasteiger partial charge >= 0.3 is 0 Å². The minimum atomic E-state index is -0.150. The van der Waals surface area contributed by atoms with E-state index in [1.54, 1.807) is 4.57 Å². The maximum Gasteiger partial charge on any atom is 0.262 e. The van der Waals surface area contributed by atoms with Crippen LogP contribution in [0.25, 0.3) is 162 Å². The zero-order valence-corrected chi connectivity index (χ0v) is 40.0. The lowest BCUT2D eigenvalue weighted by Gasteiger charge is -2.31. The third-order valence-electron chi connectivity index (χ3n) is 17.4. The lowest BCUT2D eigenvalue weighted by molar-refractivity contribution is 0.568. The highest BCUT2D eigenvalue weighted by atomic mass is 16.2. The van der Waals surface area contributed by atoms with Crippen molar-refractivity contribution in [3.8, 4) is 22.3 Å². The predicted molar refractivity (Wildman–Crippen MR) is 297 cm³/mol. The van der Waals surface area contributed by atoms with Crippen molar-refractivity contribution < 1.29 is 0 Å². The maximum absolute atomic E-state index is 15.2. The Morgan fingerprint density at radius 1 is 0.333 bits per heavy atom. The molecule has 0 saturated carbocycles. The molecule has 0 bridgehead atoms. The number of benzene rings is 15. The summed E-state index contributed by atoms with van der Waals surface area (Å²) in [5, 5.41) is 30.8. The van der Waals surface area contributed by atoms with Crippen LogP contribution in [0.3, 0.4) is 0 Å². The van der Waals surface area contributed by atoms with E-state index >= 15 is 9.59 Å². The summed E-state index contributed by atoms with van der Waals surface area (Å²) in [6.45, 7) is 16.1. The third kappa shape index (κ3) is 4.24. The van der Waals surface area contributed by atoms with Crippen molar-refractivity contribution in [2.75, 3.05) is 0 Å². The van der Waals surface area contributed by atoms with Crippen molar-refractivity contribution in [3.63, 3.8) is 0 Å². The van der Waals surface area contributed by atoms with E-state index in [1.807, 2.05) is 0 Å². The highest BCUT2D eigenvalue weighted by molar-refractivity contribution is 6.62. The molecule has 0 unspecified atom stereocenters. The van der Waals surface area contributed by atoms with Crippen LogP contribution < -0.4 is 11.1 Å². The maximum atomic E-state index is 15.2. The van der Waals surface area contributed by atoms with Crippen LogP contribution in [0.15, 0.2) is 107 Å². The van der Waals surface area contributed by atoms with Gasteiger partial charge in [-0.3, -0.25) is 14.2 Å². The second-order valence-electron chi connectivity index (χ2n) is 21.3. The Hall–Kier alpha value is -7.62. The van der Waals surface area contributed by atoms with Crippen LogP contribution in [0, 0.1) is 41.5 Å². The van der Waals surface area contributed by atoms with Gasteiger partial charge in [0, 0.05) is 6.54 Å². The fourth-order valence-corrected chi connectivity index (χ4v) is 15.3. The van der Waals surface area contributed by atoms with Gasteiger partial charge in [0.05, 0.1) is 10.8 Å². The van der Waals surface area contributed by atoms with E-state index in [1.165, 1.54) is 158 Å². The molecule has 0 aliphatic rings. The van der Waals surface area contributed by atoms with Crippen LogP contribution in [0.1, 0.15) is 66.0 Å². The Balaban J connectivity index is 1.27. The first-order chi connectivity index (χ1) is 33.6. The van der Waals surface area contributed by atoms with Crippen LogP contribution in [0.4, 0.5) is 0 Å². The van der Waals surface area contributed by atoms with Crippen LogP contribution in [0.2, 0.25) is 0 Å². The van der Waals surface area contributed by atoms with Crippen molar-refractivity contribution in [1.29, 1.82) is 0 Å². The summed E-state index contributed by atoms with van der Waals surface area (Å²) in [6, 6.07) is 37.5. The Bertz CT molecular complexity index is 4980. The van der Waals surface area contributed by atoms with Gasteiger partial charge in [-0.15, -0.1) is 0 Å². The van der Waals surface area contributed by atoms with Gasteiger partial charge in [-0.1, -0.05) is 128 Å². The molecule has 0 radical (unpaired) electrons. The summed E-state index contributed by atoms with van der Waals surface area (Å²) in [6.07, 6.45) is 3.98. The zero-order chi connectivity index (χ0) is 46.4. The first-order valence-electron chi connectivity index (χ1n) is 25.2. The fourth-order valence-electron chi connectivity index (χ4n) is 15.3. The average molecular weight is 886 g/mol. The molecular formula is C66H47NO2. The molecule has 0 atom stereocenters. The van der Waals surface area contributed by atoms with Gasteiger partial charge in [-0.25, -0.2) is 0 Å². The van der Waals surface area contributed by atoms with Crippen molar-refractivity contribution in [2.24, 2.45) is 0 Å². The molecule has 0 saturated heterocycles. The number of hydrogen-bond donors (Lipinski definition) is 0. The molecule has 1 heterocycles. The van der Waals surface area contributed by atoms with E-state index in [2.05, 4.69) is 146 Å². The second kappa shape index (κ2) is 12.5. The summed E-state index contributed by atoms with van der Waals surface area (Å²) in [5.41, 5.74) is 12.5. The molecule has 15 aromatic carbocycles. The molecular weight excluding hydrogens is 839 g/mol. The molecule has 16 rings (SSSR count). The molecule has 3 nitrogen and oxygen atoms in total. The van der Waals surface area contributed by atoms with Gasteiger partial charge in [0.2, 0.25) is 0 Å². The molecule has 3 heteroatoms. The monoisotopic (exact) mass is 885 g/mol. The molecule has 0 amide bonds. The number of unbranched alkanes of at least 4 members (excludes halogenated alkanes) is 3. The lowest BCUT2D eigenvalue weighted by atomic mass is 9.71. The Labute approximate surface area is 396 Å². The van der Waals surface area contributed by atoms with E-state index in [4.69, 9.17) is 0 Å². The molecule has 16 aromatic rings. The van der Waals surface area contributed by atoms with E-state index < -0.39 is 0 Å². The van der Waals surface area contributed by atoms with Gasteiger partial charge in [0.1, 0.15) is 0 Å². The highest BCUT2D eigenvalue weighted by Crippen LogP contribution is 2.62. The first kappa shape index (κ1) is 38.4. The van der Waals surface area contributed by atoms with Gasteiger partial charge in [-0.05, 0) is 228 Å². The standard InChI is InChI=1S/C66H47NO2/c1-8-9-10-11-23-67-65(68)58-43-22-21-42-51(46-33(6)26-30(3)27-34(46)7)40-19-16-35-15-18-38-37-13-12-14-39-49(37)61-54-41(50(39)45-31(4)24-29(2)25-32(45)5)20-17-36-28-44(59(58)66(67)69)57-55(43)56(42)62-53(40)47(35)52(38)63(61)64(62)60(57)48(36)54/h12-22,24-28H,8-11,23H2,1-7H3. The van der Waals surface area contributed by atoms with Crippen LogP contribution >= 0.6 is 0 Å². The van der Waals surface area contributed by atoms with Crippen molar-refractivity contribution in [2.45, 2.75) is 80.7 Å². The molecule has 328 valence electrons. The quantitative estimate of drug-likeness (QED) is 0.0909. The average Bonchev–Trinajstić information content (AvgIpc) is 3.58. The fraction of sp³-hybridized carbons (Fsp3) is 0.182. The number of aryl methyl sites for hydroxylation is 6. The lowest BCUT2D eigenvalue weighted by Crippen LogP contribution is -2.25. The van der Waals surface area contributed by atoms with E-state index in [0.29, 0.717) is 17.3 Å². The van der Waals surface area contributed by atoms with Gasteiger partial charge in [0.15, 0.2) is 0 Å². The summed E-state index contributed by atoms with van der Waals surface area (Å²) in [4.78, 5) is 30.4. The van der Waals surface area contributed by atoms with Gasteiger partial charge in [0.25, 0.3) is 11.1 Å². The van der Waals surface area contributed by atoms with Crippen LogP contribution in [-0.2, 0) is 6.54 Å². The number of nitrogens with zero attached hydrogens (tertiary/aromatic N) is 1. The second-order valence-corrected chi connectivity index (χ2v) is 21.3.